The summed E-state index contributed by atoms with van der Waals surface area (Å²) in [4.78, 5) is 15.8. The van der Waals surface area contributed by atoms with E-state index in [1.807, 2.05) is 48.7 Å². The zero-order valence-corrected chi connectivity index (χ0v) is 16.8. The van der Waals surface area contributed by atoms with Crippen molar-refractivity contribution in [3.05, 3.63) is 96.2 Å². The maximum Gasteiger partial charge on any atom is 0.257 e. The first-order valence-corrected chi connectivity index (χ1v) is 9.89. The van der Waals surface area contributed by atoms with Crippen LogP contribution in [0.5, 0.6) is 11.5 Å². The zero-order chi connectivity index (χ0) is 20.8. The van der Waals surface area contributed by atoms with Crippen molar-refractivity contribution < 1.29 is 14.3 Å². The highest BCUT2D eigenvalue weighted by Gasteiger charge is 2.19. The lowest BCUT2D eigenvalue weighted by atomic mass is 9.91. The molecule has 0 fully saturated rings. The van der Waals surface area contributed by atoms with Gasteiger partial charge in [0.05, 0.1) is 7.11 Å². The number of methoxy groups -OCH3 is 1. The molecular weight excluding hydrogens is 376 g/mol. The highest BCUT2D eigenvalue weighted by atomic mass is 16.5. The van der Waals surface area contributed by atoms with Gasteiger partial charge in [-0.2, -0.15) is 0 Å². The molecule has 0 spiro atoms. The van der Waals surface area contributed by atoms with Gasteiger partial charge in [-0.25, -0.2) is 0 Å². The lowest BCUT2D eigenvalue weighted by Gasteiger charge is -2.18. The van der Waals surface area contributed by atoms with Gasteiger partial charge in [-0.3, -0.25) is 4.79 Å². The van der Waals surface area contributed by atoms with Crippen LogP contribution in [0.4, 0.5) is 0 Å². The second-order valence-corrected chi connectivity index (χ2v) is 7.00. The number of para-hydroxylation sites is 3. The van der Waals surface area contributed by atoms with Gasteiger partial charge in [0.1, 0.15) is 0 Å². The third-order valence-corrected chi connectivity index (χ3v) is 5.13. The Morgan fingerprint density at radius 2 is 1.63 bits per heavy atom. The Morgan fingerprint density at radius 1 is 0.933 bits per heavy atom. The van der Waals surface area contributed by atoms with Gasteiger partial charge >= 0.3 is 0 Å². The van der Waals surface area contributed by atoms with Crippen LogP contribution in [-0.2, 0) is 4.79 Å². The van der Waals surface area contributed by atoms with Gasteiger partial charge in [0.25, 0.3) is 5.91 Å². The Balaban J connectivity index is 1.48. The molecule has 5 heteroatoms. The van der Waals surface area contributed by atoms with Gasteiger partial charge < -0.3 is 19.8 Å². The van der Waals surface area contributed by atoms with Crippen LogP contribution >= 0.6 is 0 Å². The average Bonchev–Trinajstić information content (AvgIpc) is 3.23. The Labute approximate surface area is 175 Å². The van der Waals surface area contributed by atoms with Crippen LogP contribution in [0.2, 0.25) is 0 Å². The third-order valence-electron chi connectivity index (χ3n) is 5.13. The first-order valence-electron chi connectivity index (χ1n) is 9.89. The Morgan fingerprint density at radius 3 is 2.43 bits per heavy atom. The quantitative estimate of drug-likeness (QED) is 0.458. The molecule has 30 heavy (non-hydrogen) atoms. The van der Waals surface area contributed by atoms with Crippen molar-refractivity contribution in [3.63, 3.8) is 0 Å². The largest absolute Gasteiger partial charge is 0.493 e. The lowest BCUT2D eigenvalue weighted by molar-refractivity contribution is -0.123. The van der Waals surface area contributed by atoms with E-state index in [2.05, 4.69) is 34.6 Å². The maximum absolute atomic E-state index is 12.5. The summed E-state index contributed by atoms with van der Waals surface area (Å²) < 4.78 is 10.9. The minimum Gasteiger partial charge on any atom is -0.493 e. The van der Waals surface area contributed by atoms with Crippen molar-refractivity contribution in [2.45, 2.75) is 5.92 Å². The van der Waals surface area contributed by atoms with Gasteiger partial charge in [0, 0.05) is 29.6 Å². The van der Waals surface area contributed by atoms with E-state index < -0.39 is 0 Å². The van der Waals surface area contributed by atoms with Crippen molar-refractivity contribution in [3.8, 4) is 11.5 Å². The second kappa shape index (κ2) is 9.18. The number of fused-ring (bicyclic) bond motifs is 1. The van der Waals surface area contributed by atoms with Gasteiger partial charge in [-0.1, -0.05) is 60.7 Å². The number of ether oxygens (including phenoxy) is 2. The second-order valence-electron chi connectivity index (χ2n) is 7.00. The molecule has 1 atom stereocenters. The van der Waals surface area contributed by atoms with Gasteiger partial charge in [0.15, 0.2) is 18.1 Å². The molecule has 0 radical (unpaired) electrons. The van der Waals surface area contributed by atoms with E-state index in [0.29, 0.717) is 18.0 Å². The van der Waals surface area contributed by atoms with Crippen LogP contribution in [0.15, 0.2) is 85.1 Å². The normalized spacial score (nSPS) is 11.8. The molecule has 2 N–H and O–H groups in total. The van der Waals surface area contributed by atoms with Crippen LogP contribution in [0, 0.1) is 0 Å². The summed E-state index contributed by atoms with van der Waals surface area (Å²) in [5, 5.41) is 4.18. The Hall–Kier alpha value is -3.73. The van der Waals surface area contributed by atoms with Gasteiger partial charge in [-0.05, 0) is 29.3 Å². The summed E-state index contributed by atoms with van der Waals surface area (Å²) in [6, 6.07) is 25.7. The molecule has 4 aromatic rings. The van der Waals surface area contributed by atoms with Crippen molar-refractivity contribution >= 4 is 16.8 Å². The topological polar surface area (TPSA) is 63.4 Å². The molecule has 1 heterocycles. The highest BCUT2D eigenvalue weighted by molar-refractivity contribution is 5.84. The van der Waals surface area contributed by atoms with Crippen LogP contribution in [0.25, 0.3) is 10.9 Å². The highest BCUT2D eigenvalue weighted by Crippen LogP contribution is 2.30. The first kappa shape index (κ1) is 19.6. The van der Waals surface area contributed by atoms with Crippen molar-refractivity contribution in [1.82, 2.24) is 10.3 Å². The first-order chi connectivity index (χ1) is 14.8. The summed E-state index contributed by atoms with van der Waals surface area (Å²) in [5.74, 6) is 0.997. The smallest absolute Gasteiger partial charge is 0.257 e. The Kier molecular flexibility index (Phi) is 5.99. The van der Waals surface area contributed by atoms with E-state index in [1.54, 1.807) is 19.2 Å². The molecule has 0 aliphatic carbocycles. The summed E-state index contributed by atoms with van der Waals surface area (Å²) in [5.41, 5.74) is 3.38. The molecule has 3 aromatic carbocycles. The minimum absolute atomic E-state index is 0.0255. The number of aromatic amines is 1. The summed E-state index contributed by atoms with van der Waals surface area (Å²) in [6.07, 6.45) is 2.03. The molecular formula is C25H24N2O3. The fourth-order valence-corrected chi connectivity index (χ4v) is 3.62. The van der Waals surface area contributed by atoms with Crippen LogP contribution < -0.4 is 14.8 Å². The predicted octanol–water partition coefficient (Wildman–Crippen LogP) is 4.50. The molecule has 4 rings (SSSR count). The average molecular weight is 400 g/mol. The number of benzene rings is 3. The van der Waals surface area contributed by atoms with Crippen LogP contribution in [-0.4, -0.2) is 31.2 Å². The lowest BCUT2D eigenvalue weighted by Crippen LogP contribution is -2.32. The Bertz CT molecular complexity index is 1120. The number of H-pyrrole nitrogens is 1. The molecule has 152 valence electrons. The van der Waals surface area contributed by atoms with E-state index in [0.717, 1.165) is 22.0 Å². The molecule has 1 amide bonds. The van der Waals surface area contributed by atoms with E-state index in [9.17, 15) is 4.79 Å². The summed E-state index contributed by atoms with van der Waals surface area (Å²) in [6.45, 7) is 0.399. The summed E-state index contributed by atoms with van der Waals surface area (Å²) in [7, 11) is 1.58. The molecule has 5 nitrogen and oxygen atoms in total. The van der Waals surface area contributed by atoms with E-state index >= 15 is 0 Å². The fraction of sp³-hybridized carbons (Fsp3) is 0.160. The van der Waals surface area contributed by atoms with Gasteiger partial charge in [0.2, 0.25) is 0 Å². The van der Waals surface area contributed by atoms with Crippen LogP contribution in [0.3, 0.4) is 0 Å². The number of amides is 1. The molecule has 0 aliphatic heterocycles. The maximum atomic E-state index is 12.5. The molecule has 0 saturated heterocycles. The number of carbonyl (C=O) groups is 1. The standard InChI is InChI=1S/C25H24N2O3/c1-29-23-13-7-8-14-24(23)30-17-25(28)27-15-20(18-9-3-2-4-10-18)21-16-26-22-12-6-5-11-19(21)22/h2-14,16,20,26H,15,17H2,1H3,(H,27,28)/t20-/m1/s1. The van der Waals surface area contributed by atoms with E-state index in [-0.39, 0.29) is 18.4 Å². The van der Waals surface area contributed by atoms with Crippen molar-refractivity contribution in [2.24, 2.45) is 0 Å². The van der Waals surface area contributed by atoms with Gasteiger partial charge in [-0.15, -0.1) is 0 Å². The molecule has 0 aliphatic rings. The van der Waals surface area contributed by atoms with E-state index in [1.165, 1.54) is 0 Å². The fourth-order valence-electron chi connectivity index (χ4n) is 3.62. The number of hydrogen-bond donors (Lipinski definition) is 2. The number of rotatable bonds is 8. The van der Waals surface area contributed by atoms with E-state index in [4.69, 9.17) is 9.47 Å². The number of aromatic nitrogens is 1. The molecule has 0 unspecified atom stereocenters. The third kappa shape index (κ3) is 4.30. The summed E-state index contributed by atoms with van der Waals surface area (Å²) >= 11 is 0. The minimum atomic E-state index is -0.179. The number of carbonyl (C=O) groups excluding carboxylic acids is 1. The molecule has 0 bridgehead atoms. The van der Waals surface area contributed by atoms with Crippen molar-refractivity contribution in [2.75, 3.05) is 20.3 Å². The predicted molar refractivity (Wildman–Crippen MR) is 118 cm³/mol. The number of hydrogen-bond acceptors (Lipinski definition) is 3. The SMILES string of the molecule is COc1ccccc1OCC(=O)NC[C@H](c1ccccc1)c1c[nH]c2ccccc12. The zero-order valence-electron chi connectivity index (χ0n) is 16.8. The molecule has 0 saturated carbocycles. The monoisotopic (exact) mass is 400 g/mol. The molecule has 1 aromatic heterocycles. The number of nitrogens with one attached hydrogen (secondary N) is 2. The van der Waals surface area contributed by atoms with Crippen LogP contribution in [0.1, 0.15) is 17.0 Å². The van der Waals surface area contributed by atoms with Crippen molar-refractivity contribution in [1.29, 1.82) is 0 Å².